The van der Waals surface area contributed by atoms with Gasteiger partial charge < -0.3 is 20.1 Å². The second kappa shape index (κ2) is 19.2. The van der Waals surface area contributed by atoms with E-state index in [1.165, 1.54) is 51.4 Å². The Morgan fingerprint density at radius 1 is 0.821 bits per heavy atom. The molecule has 6 nitrogen and oxygen atoms in total. The Balaban J connectivity index is 0.00000165. The Morgan fingerprint density at radius 3 is 1.82 bits per heavy atom. The molecule has 0 amide bonds. The summed E-state index contributed by atoms with van der Waals surface area (Å²) in [5.74, 6) is -1.53. The second-order valence-electron chi connectivity index (χ2n) is 7.70. The Morgan fingerprint density at radius 2 is 1.32 bits per heavy atom. The van der Waals surface area contributed by atoms with Crippen LogP contribution in [-0.2, 0) is 14.3 Å². The van der Waals surface area contributed by atoms with E-state index in [-0.39, 0.29) is 31.0 Å². The van der Waals surface area contributed by atoms with Crippen molar-refractivity contribution in [3.63, 3.8) is 0 Å². The molecule has 0 saturated heterocycles. The Hall–Kier alpha value is -1.14. The molecule has 0 aromatic heterocycles. The minimum Gasteiger partial charge on any atom is -0.481 e. The molecule has 0 aliphatic heterocycles. The molecule has 0 heterocycles. The minimum absolute atomic E-state index is 0.125. The van der Waals surface area contributed by atoms with E-state index in [1.54, 1.807) is 0 Å². The van der Waals surface area contributed by atoms with Crippen molar-refractivity contribution in [2.24, 2.45) is 11.8 Å². The molecule has 2 atom stereocenters. The summed E-state index contributed by atoms with van der Waals surface area (Å²) in [6, 6.07) is 0. The number of esters is 1. The lowest BCUT2D eigenvalue weighted by molar-refractivity contribution is -0.152. The molecule has 28 heavy (non-hydrogen) atoms. The van der Waals surface area contributed by atoms with Gasteiger partial charge in [-0.1, -0.05) is 71.1 Å². The van der Waals surface area contributed by atoms with Crippen LogP contribution in [0.15, 0.2) is 0 Å². The fourth-order valence-corrected chi connectivity index (χ4v) is 3.51. The van der Waals surface area contributed by atoms with Crippen LogP contribution >= 0.6 is 0 Å². The molecular weight excluding hydrogens is 360 g/mol. The number of rotatable bonds is 14. The third-order valence-corrected chi connectivity index (χ3v) is 5.20. The molecule has 1 aliphatic carbocycles. The fourth-order valence-electron chi connectivity index (χ4n) is 3.51. The van der Waals surface area contributed by atoms with Crippen molar-refractivity contribution in [3.05, 3.63) is 0 Å². The highest BCUT2D eigenvalue weighted by Crippen LogP contribution is 2.30. The Bertz CT molecular complexity index is 383. The maximum absolute atomic E-state index is 12.0. The third-order valence-electron chi connectivity index (χ3n) is 5.20. The van der Waals surface area contributed by atoms with Crippen molar-refractivity contribution < 1.29 is 29.6 Å². The number of hydrogen-bond acceptors (Lipinski definition) is 5. The summed E-state index contributed by atoms with van der Waals surface area (Å²) in [7, 11) is 0. The van der Waals surface area contributed by atoms with Gasteiger partial charge in [-0.15, -0.1) is 0 Å². The molecule has 0 bridgehead atoms. The first-order chi connectivity index (χ1) is 13.6. The van der Waals surface area contributed by atoms with Crippen molar-refractivity contribution >= 4 is 11.9 Å². The lowest BCUT2D eigenvalue weighted by atomic mass is 9.81. The summed E-state index contributed by atoms with van der Waals surface area (Å²) in [5.41, 5.74) is 0. The number of carboxylic acids is 1. The molecule has 0 radical (unpaired) electrons. The third kappa shape index (κ3) is 14.9. The van der Waals surface area contributed by atoms with Gasteiger partial charge in [-0.05, 0) is 25.7 Å². The number of unbranched alkanes of at least 4 members (excludes halogenated alkanes) is 9. The van der Waals surface area contributed by atoms with E-state index in [2.05, 4.69) is 6.92 Å². The van der Waals surface area contributed by atoms with Gasteiger partial charge in [0.25, 0.3) is 0 Å². The maximum atomic E-state index is 12.0. The molecular formula is C22H42O6. The highest BCUT2D eigenvalue weighted by molar-refractivity contribution is 5.75. The van der Waals surface area contributed by atoms with Gasteiger partial charge in [0.2, 0.25) is 0 Å². The van der Waals surface area contributed by atoms with Crippen LogP contribution in [0.1, 0.15) is 96.8 Å². The van der Waals surface area contributed by atoms with Crippen molar-refractivity contribution in [1.82, 2.24) is 0 Å². The molecule has 1 rings (SSSR count). The van der Waals surface area contributed by atoms with Gasteiger partial charge in [0.05, 0.1) is 31.7 Å². The van der Waals surface area contributed by atoms with Crippen LogP contribution < -0.4 is 0 Å². The average Bonchev–Trinajstić information content (AvgIpc) is 2.72. The summed E-state index contributed by atoms with van der Waals surface area (Å²) < 4.78 is 5.35. The number of carboxylic acid groups (broad SMARTS) is 1. The largest absolute Gasteiger partial charge is 0.481 e. The molecule has 1 aliphatic rings. The summed E-state index contributed by atoms with van der Waals surface area (Å²) in [6.45, 7) is 2.48. The monoisotopic (exact) mass is 402 g/mol. The number of aliphatic hydroxyl groups excluding tert-OH is 2. The van der Waals surface area contributed by atoms with Crippen LogP contribution in [0.5, 0.6) is 0 Å². The highest BCUT2D eigenvalue weighted by atomic mass is 16.5. The van der Waals surface area contributed by atoms with Crippen LogP contribution in [0, 0.1) is 11.8 Å². The molecule has 1 fully saturated rings. The molecule has 0 aromatic rings. The maximum Gasteiger partial charge on any atom is 0.308 e. The molecule has 0 spiro atoms. The average molecular weight is 403 g/mol. The van der Waals surface area contributed by atoms with Crippen LogP contribution in [-0.4, -0.2) is 47.1 Å². The topological polar surface area (TPSA) is 104 Å². The van der Waals surface area contributed by atoms with Gasteiger partial charge in [-0.25, -0.2) is 0 Å². The molecule has 166 valence electrons. The van der Waals surface area contributed by atoms with Crippen molar-refractivity contribution in [1.29, 1.82) is 0 Å². The van der Waals surface area contributed by atoms with Crippen molar-refractivity contribution in [2.75, 3.05) is 19.8 Å². The van der Waals surface area contributed by atoms with Crippen LogP contribution in [0.3, 0.4) is 0 Å². The summed E-state index contributed by atoms with van der Waals surface area (Å²) in [4.78, 5) is 23.0. The number of aliphatic carboxylic acids is 1. The summed E-state index contributed by atoms with van der Waals surface area (Å²) in [5, 5.41) is 24.3. The van der Waals surface area contributed by atoms with Gasteiger partial charge in [0.15, 0.2) is 0 Å². The van der Waals surface area contributed by atoms with Crippen molar-refractivity contribution in [2.45, 2.75) is 96.8 Å². The molecule has 1 saturated carbocycles. The van der Waals surface area contributed by atoms with E-state index in [1.807, 2.05) is 0 Å². The Labute approximate surface area is 170 Å². The quantitative estimate of drug-likeness (QED) is 0.295. The van der Waals surface area contributed by atoms with Gasteiger partial charge in [0.1, 0.15) is 0 Å². The zero-order valence-corrected chi connectivity index (χ0v) is 17.7. The van der Waals surface area contributed by atoms with E-state index in [9.17, 15) is 9.59 Å². The number of hydrogen-bond donors (Lipinski definition) is 3. The van der Waals surface area contributed by atoms with E-state index in [0.717, 1.165) is 25.7 Å². The standard InChI is InChI=1S/C20H36O4.C2H6O2/c1-2-3-4-5-6-7-8-9-10-11-15-24-20(23)18-14-12-13-17(16-18)19(21)22;3-1-2-4/h17-18H,2-16H2,1H3,(H,21,22);3-4H,1-2H2. The predicted octanol–water partition coefficient (Wildman–Crippen LogP) is 4.31. The fraction of sp³-hybridized carbons (Fsp3) is 0.909. The van der Waals surface area contributed by atoms with E-state index < -0.39 is 5.97 Å². The zero-order chi connectivity index (χ0) is 21.0. The van der Waals surface area contributed by atoms with Crippen LogP contribution in [0.2, 0.25) is 0 Å². The van der Waals surface area contributed by atoms with Gasteiger partial charge in [0, 0.05) is 0 Å². The smallest absolute Gasteiger partial charge is 0.308 e. The molecule has 3 N–H and O–H groups in total. The first-order valence-electron chi connectivity index (χ1n) is 11.2. The van der Waals surface area contributed by atoms with Gasteiger partial charge in [-0.3, -0.25) is 9.59 Å². The minimum atomic E-state index is -0.776. The van der Waals surface area contributed by atoms with Gasteiger partial charge >= 0.3 is 11.9 Å². The summed E-state index contributed by atoms with van der Waals surface area (Å²) >= 11 is 0. The first-order valence-corrected chi connectivity index (χ1v) is 11.2. The number of ether oxygens (including phenoxy) is 1. The van der Waals surface area contributed by atoms with E-state index in [4.69, 9.17) is 20.1 Å². The zero-order valence-electron chi connectivity index (χ0n) is 17.7. The lowest BCUT2D eigenvalue weighted by Crippen LogP contribution is -2.28. The summed E-state index contributed by atoms with van der Waals surface area (Å²) in [6.07, 6.45) is 15.3. The lowest BCUT2D eigenvalue weighted by Gasteiger charge is -2.25. The normalized spacial score (nSPS) is 18.8. The second-order valence-corrected chi connectivity index (χ2v) is 7.70. The Kier molecular flexibility index (Phi) is 18.4. The number of carbonyl (C=O) groups excluding carboxylic acids is 1. The van der Waals surface area contributed by atoms with E-state index >= 15 is 0 Å². The molecule has 0 aromatic carbocycles. The van der Waals surface area contributed by atoms with E-state index in [0.29, 0.717) is 19.4 Å². The SMILES string of the molecule is CCCCCCCCCCCCOC(=O)C1CCCC(C(=O)O)C1.OCCO. The van der Waals surface area contributed by atoms with Crippen molar-refractivity contribution in [3.8, 4) is 0 Å². The predicted molar refractivity (Wildman–Crippen MR) is 110 cm³/mol. The van der Waals surface area contributed by atoms with Gasteiger partial charge in [-0.2, -0.15) is 0 Å². The first kappa shape index (κ1) is 26.9. The van der Waals surface area contributed by atoms with Crippen LogP contribution in [0.4, 0.5) is 0 Å². The highest BCUT2D eigenvalue weighted by Gasteiger charge is 2.31. The molecule has 2 unspecified atom stereocenters. The molecule has 6 heteroatoms. The van der Waals surface area contributed by atoms with Crippen LogP contribution in [0.25, 0.3) is 0 Å². The number of aliphatic hydroxyl groups is 2. The number of carbonyl (C=O) groups is 2.